The van der Waals surface area contributed by atoms with Gasteiger partial charge >= 0.3 is 0 Å². The second kappa shape index (κ2) is 6.39. The van der Waals surface area contributed by atoms with Gasteiger partial charge in [0.1, 0.15) is 5.82 Å². The first-order valence-electron chi connectivity index (χ1n) is 8.68. The highest BCUT2D eigenvalue weighted by molar-refractivity contribution is 7.92. The number of benzene rings is 2. The molecule has 2 heterocycles. The predicted octanol–water partition coefficient (Wildman–Crippen LogP) is 3.09. The van der Waals surface area contributed by atoms with Crippen molar-refractivity contribution < 1.29 is 17.6 Å². The Labute approximate surface area is 152 Å². The van der Waals surface area contributed by atoms with Crippen molar-refractivity contribution in [1.29, 1.82) is 0 Å². The van der Waals surface area contributed by atoms with Gasteiger partial charge in [-0.2, -0.15) is 0 Å². The van der Waals surface area contributed by atoms with Crippen molar-refractivity contribution in [1.82, 2.24) is 0 Å². The summed E-state index contributed by atoms with van der Waals surface area (Å²) in [6.45, 7) is 1.03. The Bertz CT molecular complexity index is 957. The number of amides is 1. The fourth-order valence-electron chi connectivity index (χ4n) is 3.63. The number of carbonyl (C=O) groups excluding carboxylic acids is 1. The number of aryl methyl sites for hydroxylation is 1. The molecule has 2 aliphatic heterocycles. The Kier molecular flexibility index (Phi) is 4.19. The SMILES string of the molecule is O=C1CCCN1c1ccc(S(=O)(=O)N2CCCc3cc(F)ccc32)cc1. The van der Waals surface area contributed by atoms with E-state index in [1.165, 1.54) is 34.6 Å². The summed E-state index contributed by atoms with van der Waals surface area (Å²) in [5, 5.41) is 0. The molecule has 1 amide bonds. The minimum atomic E-state index is -3.73. The molecule has 2 aromatic rings. The summed E-state index contributed by atoms with van der Waals surface area (Å²) >= 11 is 0. The zero-order valence-electron chi connectivity index (χ0n) is 14.2. The van der Waals surface area contributed by atoms with Crippen LogP contribution in [0.25, 0.3) is 0 Å². The molecule has 7 heteroatoms. The van der Waals surface area contributed by atoms with Crippen LogP contribution < -0.4 is 9.21 Å². The minimum absolute atomic E-state index is 0.0626. The van der Waals surface area contributed by atoms with Crippen molar-refractivity contribution in [2.45, 2.75) is 30.6 Å². The molecule has 136 valence electrons. The third-order valence-electron chi connectivity index (χ3n) is 4.93. The third kappa shape index (κ3) is 2.86. The van der Waals surface area contributed by atoms with Crippen LogP contribution in [-0.2, 0) is 21.2 Å². The van der Waals surface area contributed by atoms with Gasteiger partial charge in [0, 0.05) is 25.2 Å². The topological polar surface area (TPSA) is 57.7 Å². The molecule has 0 aromatic heterocycles. The Morgan fingerprint density at radius 1 is 0.923 bits per heavy atom. The quantitative estimate of drug-likeness (QED) is 0.830. The number of carbonyl (C=O) groups is 1. The van der Waals surface area contributed by atoms with E-state index in [4.69, 9.17) is 0 Å². The Balaban J connectivity index is 1.66. The Hall–Kier alpha value is -2.41. The second-order valence-corrected chi connectivity index (χ2v) is 8.46. The Morgan fingerprint density at radius 2 is 1.65 bits per heavy atom. The Morgan fingerprint density at radius 3 is 2.35 bits per heavy atom. The summed E-state index contributed by atoms with van der Waals surface area (Å²) < 4.78 is 41.0. The van der Waals surface area contributed by atoms with Crippen LogP contribution in [0.15, 0.2) is 47.4 Å². The van der Waals surface area contributed by atoms with Crippen LogP contribution in [0.2, 0.25) is 0 Å². The molecule has 2 aliphatic rings. The number of rotatable bonds is 3. The van der Waals surface area contributed by atoms with Gasteiger partial charge in [0.05, 0.1) is 10.6 Å². The van der Waals surface area contributed by atoms with Gasteiger partial charge in [-0.15, -0.1) is 0 Å². The zero-order chi connectivity index (χ0) is 18.3. The van der Waals surface area contributed by atoms with Crippen LogP contribution in [0.1, 0.15) is 24.8 Å². The van der Waals surface area contributed by atoms with Gasteiger partial charge in [-0.1, -0.05) is 0 Å². The fraction of sp³-hybridized carbons (Fsp3) is 0.316. The lowest BCUT2D eigenvalue weighted by Gasteiger charge is -2.30. The van der Waals surface area contributed by atoms with Crippen LogP contribution >= 0.6 is 0 Å². The molecular weight excluding hydrogens is 355 g/mol. The normalized spacial score (nSPS) is 17.5. The summed E-state index contributed by atoms with van der Waals surface area (Å²) in [5.74, 6) is -0.296. The van der Waals surface area contributed by atoms with Crippen molar-refractivity contribution in [3.63, 3.8) is 0 Å². The predicted molar refractivity (Wildman–Crippen MR) is 97.3 cm³/mol. The van der Waals surface area contributed by atoms with Gasteiger partial charge < -0.3 is 4.90 Å². The monoisotopic (exact) mass is 374 g/mol. The third-order valence-corrected chi connectivity index (χ3v) is 6.75. The summed E-state index contributed by atoms with van der Waals surface area (Å²) in [7, 11) is -3.73. The molecule has 0 aliphatic carbocycles. The van der Waals surface area contributed by atoms with E-state index in [-0.39, 0.29) is 16.6 Å². The summed E-state index contributed by atoms with van der Waals surface area (Å²) in [4.78, 5) is 13.7. The van der Waals surface area contributed by atoms with E-state index in [1.54, 1.807) is 17.0 Å². The van der Waals surface area contributed by atoms with Gasteiger partial charge in [-0.05, 0) is 67.3 Å². The second-order valence-electron chi connectivity index (χ2n) is 6.60. The van der Waals surface area contributed by atoms with Crippen molar-refractivity contribution in [3.05, 3.63) is 53.8 Å². The molecule has 0 atom stereocenters. The van der Waals surface area contributed by atoms with Gasteiger partial charge in [0.2, 0.25) is 5.91 Å². The molecule has 1 saturated heterocycles. The van der Waals surface area contributed by atoms with E-state index in [0.717, 1.165) is 6.42 Å². The van der Waals surface area contributed by atoms with E-state index in [9.17, 15) is 17.6 Å². The molecule has 1 fully saturated rings. The van der Waals surface area contributed by atoms with Crippen molar-refractivity contribution >= 4 is 27.3 Å². The largest absolute Gasteiger partial charge is 0.312 e. The average Bonchev–Trinajstić information content (AvgIpc) is 3.07. The number of fused-ring (bicyclic) bond motifs is 1. The summed E-state index contributed by atoms with van der Waals surface area (Å²) in [6, 6.07) is 10.6. The van der Waals surface area contributed by atoms with E-state index < -0.39 is 10.0 Å². The molecule has 2 aromatic carbocycles. The summed E-state index contributed by atoms with van der Waals surface area (Å²) in [5.41, 5.74) is 1.96. The highest BCUT2D eigenvalue weighted by atomic mass is 32.2. The molecule has 26 heavy (non-hydrogen) atoms. The maximum atomic E-state index is 13.5. The lowest BCUT2D eigenvalue weighted by Crippen LogP contribution is -2.35. The van der Waals surface area contributed by atoms with Gasteiger partial charge in [-0.25, -0.2) is 12.8 Å². The molecular formula is C19H19FN2O3S. The van der Waals surface area contributed by atoms with Gasteiger partial charge in [0.25, 0.3) is 10.0 Å². The number of hydrogen-bond donors (Lipinski definition) is 0. The first kappa shape index (κ1) is 17.0. The number of hydrogen-bond acceptors (Lipinski definition) is 3. The van der Waals surface area contributed by atoms with E-state index in [0.29, 0.717) is 49.3 Å². The minimum Gasteiger partial charge on any atom is -0.312 e. The maximum absolute atomic E-state index is 13.5. The summed E-state index contributed by atoms with van der Waals surface area (Å²) in [6.07, 6.45) is 2.66. The lowest BCUT2D eigenvalue weighted by molar-refractivity contribution is -0.117. The van der Waals surface area contributed by atoms with Crippen LogP contribution in [0.4, 0.5) is 15.8 Å². The lowest BCUT2D eigenvalue weighted by atomic mass is 10.0. The van der Waals surface area contributed by atoms with E-state index in [2.05, 4.69) is 0 Å². The van der Waals surface area contributed by atoms with Crippen LogP contribution in [0.3, 0.4) is 0 Å². The zero-order valence-corrected chi connectivity index (χ0v) is 15.0. The number of sulfonamides is 1. The van der Waals surface area contributed by atoms with Crippen LogP contribution in [-0.4, -0.2) is 27.4 Å². The highest BCUT2D eigenvalue weighted by Gasteiger charge is 2.30. The molecule has 5 nitrogen and oxygen atoms in total. The highest BCUT2D eigenvalue weighted by Crippen LogP contribution is 2.33. The molecule has 0 radical (unpaired) electrons. The molecule has 4 rings (SSSR count). The first-order chi connectivity index (χ1) is 12.5. The van der Waals surface area contributed by atoms with Gasteiger partial charge in [0.15, 0.2) is 0 Å². The molecule has 0 bridgehead atoms. The maximum Gasteiger partial charge on any atom is 0.264 e. The number of nitrogens with zero attached hydrogens (tertiary/aromatic N) is 2. The van der Waals surface area contributed by atoms with Crippen molar-refractivity contribution in [2.24, 2.45) is 0 Å². The average molecular weight is 374 g/mol. The first-order valence-corrected chi connectivity index (χ1v) is 10.1. The van der Waals surface area contributed by atoms with Crippen molar-refractivity contribution in [3.8, 4) is 0 Å². The van der Waals surface area contributed by atoms with E-state index in [1.807, 2.05) is 0 Å². The smallest absolute Gasteiger partial charge is 0.264 e. The van der Waals surface area contributed by atoms with Crippen LogP contribution in [0, 0.1) is 5.82 Å². The van der Waals surface area contributed by atoms with Gasteiger partial charge in [-0.3, -0.25) is 9.10 Å². The standard InChI is InChI=1S/C19H19FN2O3S/c20-15-5-10-18-14(13-15)3-1-12-22(18)26(24,25)17-8-6-16(7-9-17)21-11-2-4-19(21)23/h5-10,13H,1-4,11-12H2. The molecule has 0 N–H and O–H groups in total. The van der Waals surface area contributed by atoms with E-state index >= 15 is 0 Å². The molecule has 0 unspecified atom stereocenters. The molecule has 0 spiro atoms. The fourth-order valence-corrected chi connectivity index (χ4v) is 5.17. The van der Waals surface area contributed by atoms with Crippen molar-refractivity contribution in [2.75, 3.05) is 22.3 Å². The number of anilines is 2. The molecule has 0 saturated carbocycles. The van der Waals surface area contributed by atoms with Crippen LogP contribution in [0.5, 0.6) is 0 Å². The number of halogens is 1.